The van der Waals surface area contributed by atoms with Crippen LogP contribution in [0.15, 0.2) is 6.33 Å². The molecule has 0 bridgehead atoms. The summed E-state index contributed by atoms with van der Waals surface area (Å²) in [4.78, 5) is 0. The Bertz CT molecular complexity index is 350. The van der Waals surface area contributed by atoms with Crippen molar-refractivity contribution in [2.45, 2.75) is 65.0 Å². The lowest BCUT2D eigenvalue weighted by Gasteiger charge is -2.25. The van der Waals surface area contributed by atoms with Gasteiger partial charge >= 0.3 is 0 Å². The molecule has 1 aromatic heterocycles. The van der Waals surface area contributed by atoms with Gasteiger partial charge in [0.05, 0.1) is 0 Å². The number of nitrogens with zero attached hydrogens (tertiary/aromatic N) is 3. The number of aryl methyl sites for hydroxylation is 1. The van der Waals surface area contributed by atoms with E-state index in [2.05, 4.69) is 28.6 Å². The summed E-state index contributed by atoms with van der Waals surface area (Å²) < 4.78 is 2.23. The summed E-state index contributed by atoms with van der Waals surface area (Å²) in [5, 5.41) is 8.36. The number of rotatable bonds is 5. The normalized spacial score (nSPS) is 24.7. The van der Waals surface area contributed by atoms with E-state index >= 15 is 0 Å². The van der Waals surface area contributed by atoms with Crippen molar-refractivity contribution in [3.63, 3.8) is 0 Å². The number of nitrogens with two attached hydrogens (primary N) is 1. The monoisotopic (exact) mass is 250 g/mol. The van der Waals surface area contributed by atoms with Crippen LogP contribution in [0.5, 0.6) is 0 Å². The summed E-state index contributed by atoms with van der Waals surface area (Å²) in [7, 11) is 0. The van der Waals surface area contributed by atoms with E-state index in [9.17, 15) is 0 Å². The van der Waals surface area contributed by atoms with Crippen molar-refractivity contribution in [1.29, 1.82) is 0 Å². The minimum Gasteiger partial charge on any atom is -0.328 e. The molecule has 0 atom stereocenters. The Morgan fingerprint density at radius 3 is 2.72 bits per heavy atom. The van der Waals surface area contributed by atoms with Gasteiger partial charge in [-0.25, -0.2) is 0 Å². The first-order chi connectivity index (χ1) is 8.65. The molecule has 1 fully saturated rings. The van der Waals surface area contributed by atoms with Crippen LogP contribution in [0.25, 0.3) is 0 Å². The summed E-state index contributed by atoms with van der Waals surface area (Å²) in [5.74, 6) is 2.65. The fourth-order valence-corrected chi connectivity index (χ4v) is 2.67. The number of aromatic nitrogens is 3. The second kappa shape index (κ2) is 6.32. The molecule has 4 heteroatoms. The molecule has 0 radical (unpaired) electrons. The Kier molecular flexibility index (Phi) is 4.75. The predicted octanol–water partition coefficient (Wildman–Crippen LogP) is 2.38. The van der Waals surface area contributed by atoms with Gasteiger partial charge in [0.15, 0.2) is 0 Å². The zero-order chi connectivity index (χ0) is 13.0. The lowest BCUT2D eigenvalue weighted by molar-refractivity contribution is 0.317. The van der Waals surface area contributed by atoms with E-state index in [0.717, 1.165) is 30.6 Å². The summed E-state index contributed by atoms with van der Waals surface area (Å²) in [6.45, 7) is 5.56. The van der Waals surface area contributed by atoms with Crippen molar-refractivity contribution in [1.82, 2.24) is 14.8 Å². The van der Waals surface area contributed by atoms with Crippen LogP contribution in [-0.2, 0) is 13.0 Å². The molecule has 1 aliphatic carbocycles. The number of hydrogen-bond acceptors (Lipinski definition) is 3. The van der Waals surface area contributed by atoms with Gasteiger partial charge in [0.2, 0.25) is 0 Å². The average Bonchev–Trinajstić information content (AvgIpc) is 2.77. The molecule has 2 N–H and O–H groups in total. The molecule has 0 aliphatic heterocycles. The van der Waals surface area contributed by atoms with Crippen LogP contribution in [0.2, 0.25) is 0 Å². The number of hydrogen-bond donors (Lipinski definition) is 1. The van der Waals surface area contributed by atoms with Crippen molar-refractivity contribution in [2.24, 2.45) is 17.6 Å². The van der Waals surface area contributed by atoms with Crippen molar-refractivity contribution in [2.75, 3.05) is 0 Å². The van der Waals surface area contributed by atoms with E-state index in [1.165, 1.54) is 32.1 Å². The molecule has 0 aromatic carbocycles. The maximum absolute atomic E-state index is 5.95. The van der Waals surface area contributed by atoms with E-state index in [4.69, 9.17) is 5.73 Å². The molecule has 2 rings (SSSR count). The molecule has 1 saturated carbocycles. The molecular weight excluding hydrogens is 224 g/mol. The predicted molar refractivity (Wildman–Crippen MR) is 73.1 cm³/mol. The fourth-order valence-electron chi connectivity index (χ4n) is 2.67. The van der Waals surface area contributed by atoms with Crippen LogP contribution < -0.4 is 5.73 Å². The third-order valence-electron chi connectivity index (χ3n) is 4.01. The smallest absolute Gasteiger partial charge is 0.133 e. The van der Waals surface area contributed by atoms with Crippen LogP contribution in [0.3, 0.4) is 0 Å². The molecule has 0 spiro atoms. The second-order valence-corrected chi connectivity index (χ2v) is 6.11. The Labute approximate surface area is 110 Å². The Morgan fingerprint density at radius 2 is 2.06 bits per heavy atom. The van der Waals surface area contributed by atoms with Gasteiger partial charge in [-0.15, -0.1) is 10.2 Å². The van der Waals surface area contributed by atoms with Gasteiger partial charge in [0, 0.05) is 19.0 Å². The zero-order valence-electron chi connectivity index (χ0n) is 11.7. The Balaban J connectivity index is 1.87. The molecule has 1 heterocycles. The average molecular weight is 250 g/mol. The van der Waals surface area contributed by atoms with Gasteiger partial charge in [0.25, 0.3) is 0 Å². The third-order valence-corrected chi connectivity index (χ3v) is 4.01. The van der Waals surface area contributed by atoms with Crippen LogP contribution in [0.4, 0.5) is 0 Å². The first-order valence-electron chi connectivity index (χ1n) is 7.27. The summed E-state index contributed by atoms with van der Waals surface area (Å²) >= 11 is 0. The zero-order valence-corrected chi connectivity index (χ0v) is 11.7. The van der Waals surface area contributed by atoms with Gasteiger partial charge in [0.1, 0.15) is 12.2 Å². The highest BCUT2D eigenvalue weighted by atomic mass is 15.3. The van der Waals surface area contributed by atoms with E-state index in [1.807, 2.05) is 6.33 Å². The van der Waals surface area contributed by atoms with Gasteiger partial charge in [-0.3, -0.25) is 0 Å². The largest absolute Gasteiger partial charge is 0.328 e. The quantitative estimate of drug-likeness (QED) is 0.873. The van der Waals surface area contributed by atoms with E-state index in [1.54, 1.807) is 0 Å². The molecule has 0 amide bonds. The highest BCUT2D eigenvalue weighted by Crippen LogP contribution is 2.25. The van der Waals surface area contributed by atoms with Crippen LogP contribution >= 0.6 is 0 Å². The summed E-state index contributed by atoms with van der Waals surface area (Å²) in [5.41, 5.74) is 5.95. The SMILES string of the molecule is CC(C)CCn1cnnc1CC1CCC(N)CC1. The Morgan fingerprint density at radius 1 is 1.33 bits per heavy atom. The van der Waals surface area contributed by atoms with Crippen molar-refractivity contribution in [3.05, 3.63) is 12.2 Å². The second-order valence-electron chi connectivity index (χ2n) is 6.11. The highest BCUT2D eigenvalue weighted by molar-refractivity contribution is 4.90. The van der Waals surface area contributed by atoms with Gasteiger partial charge in [-0.1, -0.05) is 13.8 Å². The van der Waals surface area contributed by atoms with E-state index < -0.39 is 0 Å². The molecule has 18 heavy (non-hydrogen) atoms. The molecule has 0 unspecified atom stereocenters. The van der Waals surface area contributed by atoms with Gasteiger partial charge in [-0.2, -0.15) is 0 Å². The Hall–Kier alpha value is -0.900. The fraction of sp³-hybridized carbons (Fsp3) is 0.857. The van der Waals surface area contributed by atoms with Gasteiger partial charge < -0.3 is 10.3 Å². The molecule has 4 nitrogen and oxygen atoms in total. The van der Waals surface area contributed by atoms with Crippen LogP contribution in [-0.4, -0.2) is 20.8 Å². The van der Waals surface area contributed by atoms with E-state index in [-0.39, 0.29) is 0 Å². The highest BCUT2D eigenvalue weighted by Gasteiger charge is 2.20. The summed E-state index contributed by atoms with van der Waals surface area (Å²) in [6.07, 6.45) is 8.99. The third kappa shape index (κ3) is 3.80. The molecule has 102 valence electrons. The molecular formula is C14H26N4. The van der Waals surface area contributed by atoms with Crippen molar-refractivity contribution >= 4 is 0 Å². The van der Waals surface area contributed by atoms with Crippen molar-refractivity contribution < 1.29 is 0 Å². The van der Waals surface area contributed by atoms with Crippen LogP contribution in [0.1, 0.15) is 51.8 Å². The maximum Gasteiger partial charge on any atom is 0.133 e. The van der Waals surface area contributed by atoms with Gasteiger partial charge in [-0.05, 0) is 43.9 Å². The lowest BCUT2D eigenvalue weighted by Crippen LogP contribution is -2.27. The standard InChI is InChI=1S/C14H26N4/c1-11(2)7-8-18-10-16-17-14(18)9-12-3-5-13(15)6-4-12/h10-13H,3-9,15H2,1-2H3. The molecule has 1 aliphatic rings. The molecule has 0 saturated heterocycles. The minimum atomic E-state index is 0.431. The van der Waals surface area contributed by atoms with Crippen LogP contribution in [0, 0.1) is 11.8 Å². The topological polar surface area (TPSA) is 56.7 Å². The maximum atomic E-state index is 5.95. The lowest BCUT2D eigenvalue weighted by atomic mass is 9.84. The molecule has 1 aromatic rings. The van der Waals surface area contributed by atoms with E-state index in [0.29, 0.717) is 6.04 Å². The first kappa shape index (κ1) is 13.5. The minimum absolute atomic E-state index is 0.431. The van der Waals surface area contributed by atoms with Crippen molar-refractivity contribution in [3.8, 4) is 0 Å². The summed E-state index contributed by atoms with van der Waals surface area (Å²) in [6, 6.07) is 0.431. The first-order valence-corrected chi connectivity index (χ1v) is 7.27.